The maximum atomic E-state index is 14.5. The number of anilines is 1. The molecule has 21 nitrogen and oxygen atoms in total. The molecule has 0 saturated carbocycles. The number of ether oxygens (including phenoxy) is 7. The lowest BCUT2D eigenvalue weighted by atomic mass is 9.77. The van der Waals surface area contributed by atoms with Crippen LogP contribution in [0.5, 0.6) is 0 Å². The Hall–Kier alpha value is -3.16. The summed E-state index contributed by atoms with van der Waals surface area (Å²) in [5.74, 6) is -2.82. The predicted octanol–water partition coefficient (Wildman–Crippen LogP) is 3.27. The third kappa shape index (κ3) is 13.9. The Labute approximate surface area is 438 Å². The minimum absolute atomic E-state index is 0.0488. The van der Waals surface area contributed by atoms with Crippen LogP contribution >= 0.6 is 0 Å². The van der Waals surface area contributed by atoms with E-state index in [1.54, 1.807) is 46.4 Å². The SMILES string of the molecule is CC[C@H]1OC(=O)[C@H](C)[C@@H](O[C@H]2C[C@@](C)(OC)[C@@H](O)[C@H](C)O2)[C@H](C)[C@@H](O[C@@H]2O[C@H](C)C[C@H](N(C)CCC3CN(C[C@H]4CN(c5ccc(CCO)cc5)C(=O)O4)N=N3)[C@H]2O)[C@](C)(O)C[C@@H](C)CN(C)[C@H](C)[C@@H](O)[C@]1(C)O. The lowest BCUT2D eigenvalue weighted by Crippen LogP contribution is -2.61. The first kappa shape index (κ1) is 60.1. The summed E-state index contributed by atoms with van der Waals surface area (Å²) in [5.41, 5.74) is -2.86. The van der Waals surface area contributed by atoms with Gasteiger partial charge in [-0.2, -0.15) is 5.11 Å². The molecule has 6 rings (SSSR count). The number of rotatable bonds is 15. The van der Waals surface area contributed by atoms with E-state index in [1.165, 1.54) is 14.0 Å². The zero-order valence-electron chi connectivity index (χ0n) is 46.2. The van der Waals surface area contributed by atoms with Crippen LogP contribution in [0.15, 0.2) is 34.6 Å². The van der Waals surface area contributed by atoms with Gasteiger partial charge in [0.2, 0.25) is 0 Å². The molecular formula is C53H90N6O15. The minimum atomic E-state index is -1.84. The molecule has 0 bridgehead atoms. The highest BCUT2D eigenvalue weighted by Crippen LogP contribution is 2.40. The van der Waals surface area contributed by atoms with Crippen LogP contribution in [-0.2, 0) is 44.4 Å². The number of cyclic esters (lactones) is 2. The monoisotopic (exact) mass is 1050 g/mol. The standard InChI is InChI=1S/C53H90N6O15/c1-14-41-53(10,67)45(62)34(6)57(12)26-30(2)24-51(8,66)47(32(4)44(33(5)48(64)72-41)73-42-25-52(9,68-13)46(63)35(7)70-42)74-49-43(61)40(23-31(3)69-49)56(11)21-19-37-27-58(55-54-37)28-39-29-59(50(65)71-39)38-17-15-36(16-18-38)20-22-60/h15-18,30-35,37,39-47,49,60-63,66-67H,14,19-29H2,1-13H3/t30-,31-,32+,33-,34-,35+,37?,39+,40+,41-,42+,43-,44+,45-,46+,47-,49+,51-,52-,53-/m1/s1. The first-order valence-electron chi connectivity index (χ1n) is 26.8. The minimum Gasteiger partial charge on any atom is -0.459 e. The molecule has 5 aliphatic rings. The van der Waals surface area contributed by atoms with Crippen LogP contribution in [0.1, 0.15) is 107 Å². The highest BCUT2D eigenvalue weighted by atomic mass is 16.7. The van der Waals surface area contributed by atoms with E-state index in [2.05, 4.69) is 15.2 Å². The van der Waals surface area contributed by atoms with Crippen molar-refractivity contribution < 1.29 is 73.4 Å². The average Bonchev–Trinajstić information content (AvgIpc) is 3.96. The molecule has 0 aromatic heterocycles. The van der Waals surface area contributed by atoms with E-state index in [0.29, 0.717) is 52.0 Å². The molecule has 0 radical (unpaired) electrons. The topological polar surface area (TPSA) is 258 Å². The number of methoxy groups -OCH3 is 1. The van der Waals surface area contributed by atoms with E-state index < -0.39 is 114 Å². The molecule has 422 valence electrons. The van der Waals surface area contributed by atoms with Crippen LogP contribution in [0, 0.1) is 17.8 Å². The highest BCUT2D eigenvalue weighted by molar-refractivity contribution is 5.89. The number of hydrogen-bond acceptors (Lipinski definition) is 20. The van der Waals surface area contributed by atoms with Crippen molar-refractivity contribution in [3.8, 4) is 0 Å². The van der Waals surface area contributed by atoms with Crippen molar-refractivity contribution in [1.29, 1.82) is 0 Å². The number of likely N-dealkylation sites (N-methyl/N-ethyl adjacent to an activating group) is 2. The Balaban J connectivity index is 1.19. The van der Waals surface area contributed by atoms with Crippen LogP contribution < -0.4 is 4.90 Å². The second-order valence-electron chi connectivity index (χ2n) is 23.0. The summed E-state index contributed by atoms with van der Waals surface area (Å²) in [4.78, 5) is 32.9. The van der Waals surface area contributed by atoms with E-state index in [4.69, 9.17) is 33.2 Å². The number of benzene rings is 1. The third-order valence-electron chi connectivity index (χ3n) is 16.6. The fourth-order valence-electron chi connectivity index (χ4n) is 11.9. The molecule has 4 saturated heterocycles. The molecule has 6 N–H and O–H groups in total. The van der Waals surface area contributed by atoms with Gasteiger partial charge in [-0.15, -0.1) is 0 Å². The van der Waals surface area contributed by atoms with Gasteiger partial charge in [-0.25, -0.2) is 4.79 Å². The lowest BCUT2D eigenvalue weighted by molar-refractivity contribution is -0.318. The van der Waals surface area contributed by atoms with E-state index >= 15 is 0 Å². The number of esters is 1. The second kappa shape index (κ2) is 25.1. The maximum Gasteiger partial charge on any atom is 0.414 e. The van der Waals surface area contributed by atoms with Crippen molar-refractivity contribution in [3.63, 3.8) is 0 Å². The first-order valence-corrected chi connectivity index (χ1v) is 26.8. The van der Waals surface area contributed by atoms with Crippen molar-refractivity contribution in [2.24, 2.45) is 28.1 Å². The molecule has 4 fully saturated rings. The Morgan fingerprint density at radius 1 is 0.905 bits per heavy atom. The van der Waals surface area contributed by atoms with Gasteiger partial charge in [-0.05, 0) is 118 Å². The maximum absolute atomic E-state index is 14.5. The van der Waals surface area contributed by atoms with E-state index in [9.17, 15) is 40.2 Å². The zero-order chi connectivity index (χ0) is 54.6. The quantitative estimate of drug-likeness (QED) is 0.138. The van der Waals surface area contributed by atoms with Crippen LogP contribution in [0.3, 0.4) is 0 Å². The molecular weight excluding hydrogens is 961 g/mol. The summed E-state index contributed by atoms with van der Waals surface area (Å²) in [6.45, 7) is 19.8. The molecule has 5 heterocycles. The summed E-state index contributed by atoms with van der Waals surface area (Å²) in [7, 11) is 5.27. The van der Waals surface area contributed by atoms with Gasteiger partial charge in [-0.3, -0.25) is 14.7 Å². The van der Waals surface area contributed by atoms with Crippen LogP contribution in [0.25, 0.3) is 0 Å². The molecule has 20 atom stereocenters. The number of aliphatic hydroxyl groups excluding tert-OH is 4. The van der Waals surface area contributed by atoms with Crippen LogP contribution in [0.4, 0.5) is 10.5 Å². The van der Waals surface area contributed by atoms with Gasteiger partial charge in [0.1, 0.15) is 36.1 Å². The molecule has 1 aromatic carbocycles. The largest absolute Gasteiger partial charge is 0.459 e. The normalized spacial score (nSPS) is 42.3. The van der Waals surface area contributed by atoms with E-state index in [-0.39, 0.29) is 43.9 Å². The molecule has 1 unspecified atom stereocenters. The van der Waals surface area contributed by atoms with E-state index in [0.717, 1.165) is 11.3 Å². The smallest absolute Gasteiger partial charge is 0.414 e. The van der Waals surface area contributed by atoms with Crippen molar-refractivity contribution in [1.82, 2.24) is 14.8 Å². The Kier molecular flexibility index (Phi) is 20.4. The fraction of sp³-hybridized carbons (Fsp3) is 0.849. The number of aliphatic hydroxyl groups is 6. The van der Waals surface area contributed by atoms with Crippen molar-refractivity contribution in [2.75, 3.05) is 65.4 Å². The van der Waals surface area contributed by atoms with Crippen LogP contribution in [0.2, 0.25) is 0 Å². The number of amides is 1. The lowest BCUT2D eigenvalue weighted by Gasteiger charge is -2.49. The van der Waals surface area contributed by atoms with Crippen molar-refractivity contribution >= 4 is 17.7 Å². The van der Waals surface area contributed by atoms with Gasteiger partial charge >= 0.3 is 12.1 Å². The molecule has 1 amide bonds. The molecule has 74 heavy (non-hydrogen) atoms. The van der Waals surface area contributed by atoms with Gasteiger partial charge in [0.05, 0.1) is 67.2 Å². The van der Waals surface area contributed by atoms with Crippen LogP contribution in [-0.4, -0.2) is 220 Å². The molecule has 0 spiro atoms. The number of nitrogens with zero attached hydrogens (tertiary/aromatic N) is 6. The summed E-state index contributed by atoms with van der Waals surface area (Å²) in [6, 6.07) is 6.32. The Morgan fingerprint density at radius 2 is 1.59 bits per heavy atom. The number of carbonyl (C=O) groups excluding carboxylic acids is 2. The van der Waals surface area contributed by atoms with E-state index in [1.807, 2.05) is 69.0 Å². The summed E-state index contributed by atoms with van der Waals surface area (Å²) in [5, 5.41) is 79.8. The highest BCUT2D eigenvalue weighted by Gasteiger charge is 2.53. The summed E-state index contributed by atoms with van der Waals surface area (Å²) >= 11 is 0. The second-order valence-corrected chi connectivity index (χ2v) is 23.0. The summed E-state index contributed by atoms with van der Waals surface area (Å²) in [6.07, 6.45) is -8.87. The molecule has 5 aliphatic heterocycles. The number of hydrogen-bond donors (Lipinski definition) is 6. The van der Waals surface area contributed by atoms with Gasteiger partial charge < -0.3 is 73.6 Å². The van der Waals surface area contributed by atoms with Crippen molar-refractivity contribution in [2.45, 2.75) is 210 Å². The van der Waals surface area contributed by atoms with Crippen molar-refractivity contribution in [3.05, 3.63) is 29.8 Å². The van der Waals surface area contributed by atoms with Gasteiger partial charge in [0, 0.05) is 56.9 Å². The number of carbonyl (C=O) groups is 2. The zero-order valence-corrected chi connectivity index (χ0v) is 46.2. The van der Waals surface area contributed by atoms with Gasteiger partial charge in [0.15, 0.2) is 12.6 Å². The Bertz CT molecular complexity index is 2000. The third-order valence-corrected chi connectivity index (χ3v) is 16.6. The molecule has 0 aliphatic carbocycles. The first-order chi connectivity index (χ1) is 34.7. The average molecular weight is 1050 g/mol. The van der Waals surface area contributed by atoms with Gasteiger partial charge in [-0.1, -0.05) is 38.1 Å². The summed E-state index contributed by atoms with van der Waals surface area (Å²) < 4.78 is 44.0. The molecule has 21 heteroatoms. The molecule has 1 aromatic rings. The predicted molar refractivity (Wildman–Crippen MR) is 273 cm³/mol. The van der Waals surface area contributed by atoms with Gasteiger partial charge in [0.25, 0.3) is 0 Å². The Morgan fingerprint density at radius 3 is 2.24 bits per heavy atom. The fourth-order valence-corrected chi connectivity index (χ4v) is 11.9.